The van der Waals surface area contributed by atoms with Gasteiger partial charge in [-0.1, -0.05) is 23.9 Å². The van der Waals surface area contributed by atoms with Crippen LogP contribution in [0.1, 0.15) is 22.5 Å². The standard InChI is InChI=1S/C20H24N4O4S/c1-12-6-5-7-16(15(12)4)24-17(25)9-21-18(26)10-28-19(27)11-29-20-22-13(2)8-14(3)23-20/h5-8H,9-11H2,1-4H3,(H,21,26)(H,24,25). The van der Waals surface area contributed by atoms with E-state index in [0.29, 0.717) is 10.8 Å². The Hall–Kier alpha value is -2.94. The van der Waals surface area contributed by atoms with E-state index >= 15 is 0 Å². The predicted octanol–water partition coefficient (Wildman–Crippen LogP) is 2.10. The molecule has 0 spiro atoms. The van der Waals surface area contributed by atoms with Crippen molar-refractivity contribution in [2.24, 2.45) is 0 Å². The Kier molecular flexibility index (Phi) is 8.14. The molecule has 0 saturated heterocycles. The lowest BCUT2D eigenvalue weighted by Crippen LogP contribution is -2.35. The van der Waals surface area contributed by atoms with Gasteiger partial charge in [0.1, 0.15) is 0 Å². The molecule has 2 aromatic rings. The lowest BCUT2D eigenvalue weighted by molar-refractivity contribution is -0.146. The molecule has 1 aromatic carbocycles. The van der Waals surface area contributed by atoms with Crippen LogP contribution in [-0.2, 0) is 19.1 Å². The minimum Gasteiger partial charge on any atom is -0.455 e. The molecule has 2 rings (SSSR count). The molecule has 0 bridgehead atoms. The topological polar surface area (TPSA) is 110 Å². The second-order valence-corrected chi connectivity index (χ2v) is 7.40. The van der Waals surface area contributed by atoms with Gasteiger partial charge in [0, 0.05) is 17.1 Å². The van der Waals surface area contributed by atoms with Crippen molar-refractivity contribution < 1.29 is 19.1 Å². The molecule has 8 nitrogen and oxygen atoms in total. The first-order valence-electron chi connectivity index (χ1n) is 8.98. The van der Waals surface area contributed by atoms with Crippen LogP contribution in [0.2, 0.25) is 0 Å². The molecule has 1 heterocycles. The third kappa shape index (κ3) is 7.53. The zero-order chi connectivity index (χ0) is 21.4. The minimum atomic E-state index is -0.562. The third-order valence-electron chi connectivity index (χ3n) is 3.97. The van der Waals surface area contributed by atoms with Gasteiger partial charge in [-0.25, -0.2) is 9.97 Å². The Morgan fingerprint density at radius 2 is 1.72 bits per heavy atom. The molecule has 0 atom stereocenters. The smallest absolute Gasteiger partial charge is 0.316 e. The maximum atomic E-state index is 12.0. The van der Waals surface area contributed by atoms with Gasteiger partial charge in [-0.15, -0.1) is 0 Å². The number of nitrogens with one attached hydrogen (secondary N) is 2. The summed E-state index contributed by atoms with van der Waals surface area (Å²) in [6.07, 6.45) is 0. The van der Waals surface area contributed by atoms with Crippen molar-refractivity contribution in [3.8, 4) is 0 Å². The first-order valence-corrected chi connectivity index (χ1v) is 9.96. The fourth-order valence-electron chi connectivity index (χ4n) is 2.38. The van der Waals surface area contributed by atoms with Crippen molar-refractivity contribution >= 4 is 35.2 Å². The van der Waals surface area contributed by atoms with Crippen LogP contribution in [0.5, 0.6) is 0 Å². The van der Waals surface area contributed by atoms with Gasteiger partial charge in [-0.3, -0.25) is 14.4 Å². The Bertz CT molecular complexity index is 897. The maximum absolute atomic E-state index is 12.0. The number of hydrogen-bond donors (Lipinski definition) is 2. The molecule has 2 amide bonds. The Morgan fingerprint density at radius 3 is 2.41 bits per heavy atom. The third-order valence-corrected chi connectivity index (χ3v) is 4.79. The monoisotopic (exact) mass is 416 g/mol. The van der Waals surface area contributed by atoms with Crippen LogP contribution < -0.4 is 10.6 Å². The molecular weight excluding hydrogens is 392 g/mol. The highest BCUT2D eigenvalue weighted by Gasteiger charge is 2.12. The van der Waals surface area contributed by atoms with Crippen molar-refractivity contribution in [2.45, 2.75) is 32.9 Å². The number of ether oxygens (including phenoxy) is 1. The zero-order valence-corrected chi connectivity index (χ0v) is 17.7. The number of anilines is 1. The minimum absolute atomic E-state index is 0.0106. The largest absolute Gasteiger partial charge is 0.455 e. The van der Waals surface area contributed by atoms with Gasteiger partial charge >= 0.3 is 5.97 Å². The van der Waals surface area contributed by atoms with Gasteiger partial charge in [-0.2, -0.15) is 0 Å². The molecule has 154 valence electrons. The van der Waals surface area contributed by atoms with E-state index in [-0.39, 0.29) is 18.2 Å². The molecule has 29 heavy (non-hydrogen) atoms. The van der Waals surface area contributed by atoms with Crippen molar-refractivity contribution in [1.82, 2.24) is 15.3 Å². The van der Waals surface area contributed by atoms with E-state index in [1.807, 2.05) is 45.9 Å². The van der Waals surface area contributed by atoms with Crippen LogP contribution in [0.4, 0.5) is 5.69 Å². The summed E-state index contributed by atoms with van der Waals surface area (Å²) in [6, 6.07) is 7.42. The summed E-state index contributed by atoms with van der Waals surface area (Å²) in [6.45, 7) is 6.88. The van der Waals surface area contributed by atoms with Crippen molar-refractivity contribution in [1.29, 1.82) is 0 Å². The first kappa shape index (κ1) is 22.4. The quantitative estimate of drug-likeness (QED) is 0.385. The van der Waals surface area contributed by atoms with Gasteiger partial charge in [0.05, 0.1) is 12.3 Å². The maximum Gasteiger partial charge on any atom is 0.316 e. The Morgan fingerprint density at radius 1 is 1.03 bits per heavy atom. The van der Waals surface area contributed by atoms with Crippen LogP contribution >= 0.6 is 11.8 Å². The Labute approximate surface area is 173 Å². The molecule has 0 fully saturated rings. The lowest BCUT2D eigenvalue weighted by atomic mass is 10.1. The number of carbonyl (C=O) groups excluding carboxylic acids is 3. The average Bonchev–Trinajstić information content (AvgIpc) is 2.66. The molecule has 0 aliphatic heterocycles. The van der Waals surface area contributed by atoms with E-state index in [0.717, 1.165) is 34.3 Å². The number of esters is 1. The summed E-state index contributed by atoms with van der Waals surface area (Å²) in [4.78, 5) is 44.0. The van der Waals surface area contributed by atoms with Crippen molar-refractivity contribution in [3.63, 3.8) is 0 Å². The van der Waals surface area contributed by atoms with Gasteiger partial charge in [-0.05, 0) is 51.0 Å². The summed E-state index contributed by atoms with van der Waals surface area (Å²) in [5.74, 6) is -1.49. The van der Waals surface area contributed by atoms with E-state index in [9.17, 15) is 14.4 Å². The van der Waals surface area contributed by atoms with Crippen LogP contribution in [0.15, 0.2) is 29.4 Å². The van der Waals surface area contributed by atoms with Crippen molar-refractivity contribution in [2.75, 3.05) is 24.2 Å². The molecule has 0 aliphatic carbocycles. The summed E-state index contributed by atoms with van der Waals surface area (Å²) in [5.41, 5.74) is 4.34. The molecule has 2 N–H and O–H groups in total. The van der Waals surface area contributed by atoms with E-state index < -0.39 is 18.5 Å². The number of benzene rings is 1. The molecule has 0 unspecified atom stereocenters. The highest BCUT2D eigenvalue weighted by molar-refractivity contribution is 7.99. The number of rotatable bonds is 8. The predicted molar refractivity (Wildman–Crippen MR) is 111 cm³/mol. The van der Waals surface area contributed by atoms with E-state index in [1.165, 1.54) is 0 Å². The number of amides is 2. The normalized spacial score (nSPS) is 10.3. The highest BCUT2D eigenvalue weighted by Crippen LogP contribution is 2.17. The Balaban J connectivity index is 1.69. The molecule has 1 aromatic heterocycles. The van der Waals surface area contributed by atoms with Crippen LogP contribution in [0.25, 0.3) is 0 Å². The second-order valence-electron chi connectivity index (χ2n) is 6.46. The van der Waals surface area contributed by atoms with Crippen LogP contribution in [0.3, 0.4) is 0 Å². The van der Waals surface area contributed by atoms with E-state index in [2.05, 4.69) is 20.6 Å². The summed E-state index contributed by atoms with van der Waals surface area (Å²) in [5, 5.41) is 5.64. The molecule has 0 saturated carbocycles. The first-order chi connectivity index (χ1) is 13.7. The van der Waals surface area contributed by atoms with Gasteiger partial charge in [0.25, 0.3) is 5.91 Å². The van der Waals surface area contributed by atoms with Crippen molar-refractivity contribution in [3.05, 3.63) is 46.8 Å². The number of aryl methyl sites for hydroxylation is 3. The second kappa shape index (κ2) is 10.6. The van der Waals surface area contributed by atoms with Crippen LogP contribution in [0, 0.1) is 27.7 Å². The summed E-state index contributed by atoms with van der Waals surface area (Å²) >= 11 is 1.14. The number of nitrogens with zero attached hydrogens (tertiary/aromatic N) is 2. The zero-order valence-electron chi connectivity index (χ0n) is 16.9. The SMILES string of the molecule is Cc1cc(C)nc(SCC(=O)OCC(=O)NCC(=O)Nc2cccc(C)c2C)n1. The molecule has 9 heteroatoms. The summed E-state index contributed by atoms with van der Waals surface area (Å²) in [7, 11) is 0. The number of hydrogen-bond acceptors (Lipinski definition) is 7. The molecule has 0 radical (unpaired) electrons. The fourth-order valence-corrected chi connectivity index (χ4v) is 3.13. The highest BCUT2D eigenvalue weighted by atomic mass is 32.2. The van der Waals surface area contributed by atoms with E-state index in [1.54, 1.807) is 6.07 Å². The van der Waals surface area contributed by atoms with E-state index in [4.69, 9.17) is 4.74 Å². The molecule has 0 aliphatic rings. The average molecular weight is 417 g/mol. The number of thioether (sulfide) groups is 1. The van der Waals surface area contributed by atoms with Gasteiger partial charge in [0.15, 0.2) is 11.8 Å². The lowest BCUT2D eigenvalue weighted by Gasteiger charge is -2.11. The molecular formula is C20H24N4O4S. The van der Waals surface area contributed by atoms with Gasteiger partial charge in [0.2, 0.25) is 5.91 Å². The van der Waals surface area contributed by atoms with Crippen LogP contribution in [-0.4, -0.2) is 46.7 Å². The summed E-state index contributed by atoms with van der Waals surface area (Å²) < 4.78 is 4.91. The number of carbonyl (C=O) groups is 3. The van der Waals surface area contributed by atoms with Gasteiger partial charge < -0.3 is 15.4 Å². The number of aromatic nitrogens is 2. The fraction of sp³-hybridized carbons (Fsp3) is 0.350.